The maximum Gasteiger partial charge on any atom is 0.338 e. The Labute approximate surface area is 642 Å². The van der Waals surface area contributed by atoms with Gasteiger partial charge in [0.05, 0.1) is 76.2 Å². The maximum absolute atomic E-state index is 13.9. The number of hydrogen-bond donors (Lipinski definition) is 6. The zero-order valence-corrected chi connectivity index (χ0v) is 62.6. The van der Waals surface area contributed by atoms with Crippen LogP contribution in [0.3, 0.4) is 0 Å². The van der Waals surface area contributed by atoms with Gasteiger partial charge in [-0.15, -0.1) is 34.0 Å². The molecule has 3 fully saturated rings. The summed E-state index contributed by atoms with van der Waals surface area (Å²) in [5.41, 5.74) is 3.84. The van der Waals surface area contributed by atoms with Gasteiger partial charge in [-0.1, -0.05) is 41.4 Å². The number of carbonyl (C=O) groups excluding carboxylic acids is 3. The summed E-state index contributed by atoms with van der Waals surface area (Å²) in [6, 6.07) is 7.93. The Balaban J connectivity index is 0.000000174. The minimum atomic E-state index is -3.01. The number of morpholine rings is 3. The molecule has 576 valence electrons. The summed E-state index contributed by atoms with van der Waals surface area (Å²) in [5.74, 6) is -5.87. The molecular formula is C72H71Cl2F5N12O15S3. The Morgan fingerprint density at radius 3 is 1.20 bits per heavy atom. The van der Waals surface area contributed by atoms with Crippen molar-refractivity contribution in [2.75, 3.05) is 100 Å². The van der Waals surface area contributed by atoms with Crippen molar-refractivity contribution >= 4 is 111 Å². The van der Waals surface area contributed by atoms with Crippen LogP contribution in [0.1, 0.15) is 73.2 Å². The van der Waals surface area contributed by atoms with Crippen molar-refractivity contribution in [3.63, 3.8) is 0 Å². The van der Waals surface area contributed by atoms with E-state index in [1.807, 2.05) is 39.3 Å². The molecule has 0 amide bonds. The van der Waals surface area contributed by atoms with Crippen molar-refractivity contribution in [2.45, 2.75) is 56.7 Å². The van der Waals surface area contributed by atoms with E-state index in [9.17, 15) is 50.7 Å². The van der Waals surface area contributed by atoms with Gasteiger partial charge in [0.15, 0.2) is 32.5 Å². The van der Waals surface area contributed by atoms with Crippen LogP contribution >= 0.6 is 57.2 Å². The third-order valence-corrected chi connectivity index (χ3v) is 20.4. The van der Waals surface area contributed by atoms with Gasteiger partial charge in [-0.2, -0.15) is 0 Å². The predicted molar refractivity (Wildman–Crippen MR) is 393 cm³/mol. The smallest absolute Gasteiger partial charge is 0.338 e. The zero-order valence-electron chi connectivity index (χ0n) is 58.6. The van der Waals surface area contributed by atoms with E-state index in [0.717, 1.165) is 41.7 Å². The molecule has 109 heavy (non-hydrogen) atoms. The number of carboxylic acid groups (broad SMARTS) is 3. The molecule has 12 rings (SSSR count). The number of esters is 3. The molecule has 3 saturated heterocycles. The largest absolute Gasteiger partial charge is 0.478 e. The molecule has 9 heterocycles. The second-order valence-corrected chi connectivity index (χ2v) is 27.9. The average Bonchev–Trinajstić information content (AvgIpc) is 1.65. The Hall–Kier alpha value is -9.79. The van der Waals surface area contributed by atoms with E-state index in [0.29, 0.717) is 127 Å². The first-order valence-corrected chi connectivity index (χ1v) is 36.6. The summed E-state index contributed by atoms with van der Waals surface area (Å²) < 4.78 is 101. The number of amidine groups is 3. The van der Waals surface area contributed by atoms with Gasteiger partial charge >= 0.3 is 35.8 Å². The summed E-state index contributed by atoms with van der Waals surface area (Å²) in [7, 11) is 3.73. The Kier molecular flexibility index (Phi) is 28.5. The molecule has 6 aliphatic heterocycles. The average molecular weight is 1610 g/mol. The highest BCUT2D eigenvalue weighted by atomic mass is 35.5. The van der Waals surface area contributed by atoms with E-state index >= 15 is 0 Å². The van der Waals surface area contributed by atoms with Crippen LogP contribution in [0.15, 0.2) is 162 Å². The maximum atomic E-state index is 13.9. The fraction of sp³-hybridized carbons (Fsp3) is 0.333. The summed E-state index contributed by atoms with van der Waals surface area (Å²) in [5, 5.41) is 43.9. The summed E-state index contributed by atoms with van der Waals surface area (Å²) in [6.07, 6.45) is 4.71. The molecule has 3 aromatic heterocycles. The summed E-state index contributed by atoms with van der Waals surface area (Å²) in [4.78, 5) is 105. The zero-order chi connectivity index (χ0) is 78.2. The second kappa shape index (κ2) is 38.0. The van der Waals surface area contributed by atoms with Crippen LogP contribution in [-0.2, 0) is 57.2 Å². The molecule has 0 saturated carbocycles. The van der Waals surface area contributed by atoms with Crippen LogP contribution in [0.25, 0.3) is 0 Å². The first-order valence-electron chi connectivity index (χ1n) is 33.2. The second-order valence-electron chi connectivity index (χ2n) is 24.5. The van der Waals surface area contributed by atoms with Crippen LogP contribution in [0.5, 0.6) is 0 Å². The third-order valence-electron chi connectivity index (χ3n) is 17.0. The molecule has 27 nitrogen and oxygen atoms in total. The van der Waals surface area contributed by atoms with Gasteiger partial charge in [-0.05, 0) is 74.0 Å². The van der Waals surface area contributed by atoms with Crippen molar-refractivity contribution in [2.24, 2.45) is 15.0 Å². The van der Waals surface area contributed by atoms with E-state index in [2.05, 4.69) is 35.9 Å². The van der Waals surface area contributed by atoms with E-state index < -0.39 is 102 Å². The number of methoxy groups -OCH3 is 3. The lowest BCUT2D eigenvalue weighted by Gasteiger charge is -2.34. The number of aliphatic carboxylic acids is 3. The number of alkyl halides is 2. The molecule has 0 radical (unpaired) electrons. The first-order chi connectivity index (χ1) is 52.3. The molecule has 0 bridgehead atoms. The topological polar surface area (TPSA) is 340 Å². The van der Waals surface area contributed by atoms with Gasteiger partial charge in [0.1, 0.15) is 35.6 Å². The highest BCUT2D eigenvalue weighted by Crippen LogP contribution is 2.41. The number of carboxylic acids is 3. The number of aryl methyl sites for hydroxylation is 2. The molecule has 0 spiro atoms. The van der Waals surface area contributed by atoms with E-state index in [-0.39, 0.29) is 44.7 Å². The Morgan fingerprint density at radius 1 is 0.541 bits per heavy atom. The number of nitrogens with zero attached hydrogens (tertiary/aromatic N) is 9. The SMILES string of the molecule is COC(=O)C1=C(CN2CCO[C@H](/C=C/C(=O)O)C2)NC(c2nc(C)cs2)=N[C@H]1c1ccc(F)cc1Cl.COC(=O)C1=C(CN2CCO[C@H](/C=C/C(=O)O)C2)NC(c2nc(C)cs2)=N[C@H]1c1ccc(F)cc1Cl.COC(=O)C1=C(CN2CCO[C@H](/C=C/C(=O)O)C2)NC(c2nccs2)=N[C@H]1c1ccc(F)cc1C(F)F. The quantitative estimate of drug-likeness (QED) is 0.0159. The van der Waals surface area contributed by atoms with Crippen LogP contribution < -0.4 is 16.0 Å². The Morgan fingerprint density at radius 2 is 0.890 bits per heavy atom. The first kappa shape index (κ1) is 81.7. The van der Waals surface area contributed by atoms with Crippen molar-refractivity contribution < 1.29 is 94.5 Å². The van der Waals surface area contributed by atoms with E-state index in [1.165, 1.54) is 116 Å². The highest BCUT2D eigenvalue weighted by Gasteiger charge is 2.40. The van der Waals surface area contributed by atoms with E-state index in [4.69, 9.17) is 76.9 Å². The Bertz CT molecular complexity index is 4490. The van der Waals surface area contributed by atoms with Crippen molar-refractivity contribution in [1.29, 1.82) is 0 Å². The van der Waals surface area contributed by atoms with Crippen LogP contribution in [0.4, 0.5) is 22.0 Å². The van der Waals surface area contributed by atoms with Gasteiger partial charge in [0.25, 0.3) is 6.43 Å². The monoisotopic (exact) mass is 1600 g/mol. The number of nitrogens with one attached hydrogen (secondary N) is 3. The third kappa shape index (κ3) is 21.6. The fourth-order valence-electron chi connectivity index (χ4n) is 12.1. The lowest BCUT2D eigenvalue weighted by atomic mass is 9.91. The van der Waals surface area contributed by atoms with Crippen LogP contribution in [0, 0.1) is 31.3 Å². The summed E-state index contributed by atoms with van der Waals surface area (Å²) >= 11 is 16.8. The molecule has 3 aromatic carbocycles. The van der Waals surface area contributed by atoms with Crippen molar-refractivity contribution in [3.05, 3.63) is 223 Å². The normalized spacial score (nSPS) is 20.8. The van der Waals surface area contributed by atoms with Gasteiger partial charge < -0.3 is 59.7 Å². The minimum absolute atomic E-state index is 0.000402. The van der Waals surface area contributed by atoms with Gasteiger partial charge in [0, 0.05) is 155 Å². The predicted octanol–water partition coefficient (Wildman–Crippen LogP) is 9.29. The number of aliphatic imine (C=N–C) groups is 3. The molecule has 0 unspecified atom stereocenters. The van der Waals surface area contributed by atoms with E-state index in [1.54, 1.807) is 11.6 Å². The molecular weight excluding hydrogens is 1530 g/mol. The molecule has 6 aromatic rings. The van der Waals surface area contributed by atoms with Crippen molar-refractivity contribution in [1.82, 2.24) is 45.6 Å². The number of thiazole rings is 3. The van der Waals surface area contributed by atoms with Gasteiger partial charge in [-0.25, -0.2) is 65.7 Å². The number of hydrogen-bond acceptors (Lipinski definition) is 27. The minimum Gasteiger partial charge on any atom is -0.478 e. The van der Waals surface area contributed by atoms with Gasteiger partial charge in [0.2, 0.25) is 0 Å². The van der Waals surface area contributed by atoms with Crippen LogP contribution in [-0.4, -0.2) is 217 Å². The number of rotatable bonds is 22. The number of halogens is 7. The van der Waals surface area contributed by atoms with Gasteiger partial charge in [-0.3, -0.25) is 29.7 Å². The van der Waals surface area contributed by atoms with Crippen molar-refractivity contribution in [3.8, 4) is 0 Å². The standard InChI is InChI=1S/2C24H24ClFN4O5S.C24H23F3N4O5S/c2*1-13-12-36-23(27-13)22-28-18(11-30-7-8-35-15(10-30)4-6-19(31)32)20(24(33)34-2)21(29-22)16-5-3-14(26)9-17(16)25;1-35-24(34)19-17(12-31-7-8-36-14(11-31)3-5-18(32)33)29-22(23-28-6-9-37-23)30-20(19)15-4-2-13(25)10-16(15)21(26)27/h2*3-6,9,12,15,21H,7-8,10-11H2,1-2H3,(H,28,29)(H,31,32);2-6,9-10,14,20-21H,7-8,11-12H2,1H3,(H,29,30)(H,32,33)/b2*6-4+;5-3+/t2*15-,21+;14-,20+/m111/s1. The fourth-order valence-corrected chi connectivity index (χ4v) is 14.7. The molecule has 6 atom stereocenters. The molecule has 6 N–H and O–H groups in total. The number of aromatic nitrogens is 3. The summed E-state index contributed by atoms with van der Waals surface area (Å²) in [6.45, 7) is 8.27. The molecule has 6 aliphatic rings. The number of benzene rings is 3. The number of ether oxygens (including phenoxy) is 6. The molecule has 37 heteroatoms. The highest BCUT2D eigenvalue weighted by molar-refractivity contribution is 7.12. The lowest BCUT2D eigenvalue weighted by molar-refractivity contribution is -0.137. The molecule has 0 aliphatic carbocycles. The lowest BCUT2D eigenvalue weighted by Crippen LogP contribution is -2.46. The van der Waals surface area contributed by atoms with Crippen LogP contribution in [0.2, 0.25) is 10.0 Å². The number of carbonyl (C=O) groups is 6.